The molecule has 0 aromatic heterocycles. The highest BCUT2D eigenvalue weighted by Gasteiger charge is 2.59. The second-order valence-electron chi connectivity index (χ2n) is 8.66. The predicted molar refractivity (Wildman–Crippen MR) is 81.3 cm³/mol. The molecule has 0 spiro atoms. The molecule has 0 aliphatic heterocycles. The summed E-state index contributed by atoms with van der Waals surface area (Å²) >= 11 is 0. The van der Waals surface area contributed by atoms with Crippen LogP contribution in [-0.4, -0.2) is 26.2 Å². The van der Waals surface area contributed by atoms with Gasteiger partial charge in [0.1, 0.15) is 0 Å². The van der Waals surface area contributed by atoms with Crippen LogP contribution in [0.25, 0.3) is 0 Å². The first kappa shape index (κ1) is 13.9. The van der Waals surface area contributed by atoms with E-state index in [-0.39, 0.29) is 0 Å². The summed E-state index contributed by atoms with van der Waals surface area (Å²) in [6.45, 7) is 11.9. The van der Waals surface area contributed by atoms with E-state index in [1.165, 1.54) is 45.1 Å². The van der Waals surface area contributed by atoms with Gasteiger partial charge in [0.15, 0.2) is 0 Å². The summed E-state index contributed by atoms with van der Waals surface area (Å²) in [5.41, 5.74) is 1.96. The van der Waals surface area contributed by atoms with Gasteiger partial charge in [0, 0.05) is 19.6 Å². The highest BCUT2D eigenvalue weighted by Crippen LogP contribution is 2.69. The van der Waals surface area contributed by atoms with E-state index >= 15 is 0 Å². The summed E-state index contributed by atoms with van der Waals surface area (Å²) in [6, 6.07) is 0. The first-order valence-corrected chi connectivity index (χ1v) is 8.38. The van der Waals surface area contributed by atoms with Crippen molar-refractivity contribution < 1.29 is 0 Å². The molecule has 4 saturated carbocycles. The normalized spacial score (nSPS) is 47.8. The number of hydrogen-bond acceptors (Lipinski definition) is 2. The minimum Gasteiger partial charge on any atom is -0.316 e. The Bertz CT molecular complexity index is 320. The van der Waals surface area contributed by atoms with E-state index in [1.54, 1.807) is 0 Å². The van der Waals surface area contributed by atoms with E-state index < -0.39 is 0 Å². The summed E-state index contributed by atoms with van der Waals surface area (Å²) < 4.78 is 0. The van der Waals surface area contributed by atoms with Crippen LogP contribution in [0.4, 0.5) is 0 Å². The Hall–Kier alpha value is -0.0800. The molecule has 4 aliphatic rings. The first-order chi connectivity index (χ1) is 8.97. The van der Waals surface area contributed by atoms with Crippen molar-refractivity contribution in [1.29, 1.82) is 0 Å². The molecule has 2 nitrogen and oxygen atoms in total. The van der Waals surface area contributed by atoms with Gasteiger partial charge in [-0.1, -0.05) is 20.8 Å². The maximum Gasteiger partial charge on any atom is 0.00769 e. The van der Waals surface area contributed by atoms with E-state index in [1.807, 2.05) is 0 Å². The summed E-state index contributed by atoms with van der Waals surface area (Å²) in [6.07, 6.45) is 9.01. The van der Waals surface area contributed by atoms with E-state index in [2.05, 4.69) is 31.4 Å². The quantitative estimate of drug-likeness (QED) is 0.720. The fourth-order valence-electron chi connectivity index (χ4n) is 6.59. The van der Waals surface area contributed by atoms with Crippen molar-refractivity contribution in [3.05, 3.63) is 0 Å². The third kappa shape index (κ3) is 2.71. The van der Waals surface area contributed by atoms with Crippen molar-refractivity contribution >= 4 is 0 Å². The molecule has 4 bridgehead atoms. The maximum absolute atomic E-state index is 3.75. The zero-order chi connectivity index (χ0) is 13.6. The maximum atomic E-state index is 3.75. The molecule has 2 atom stereocenters. The minimum absolute atomic E-state index is 0.634. The Balaban J connectivity index is 1.61. The topological polar surface area (TPSA) is 24.1 Å². The summed E-state index contributed by atoms with van der Waals surface area (Å²) in [7, 11) is 0. The lowest BCUT2D eigenvalue weighted by Gasteiger charge is -2.65. The van der Waals surface area contributed by atoms with Crippen molar-refractivity contribution in [2.75, 3.05) is 26.2 Å². The Morgan fingerprint density at radius 3 is 2.11 bits per heavy atom. The molecule has 2 N–H and O–H groups in total. The number of hydrogen-bond donors (Lipinski definition) is 2. The Labute approximate surface area is 119 Å². The van der Waals surface area contributed by atoms with Crippen LogP contribution >= 0.6 is 0 Å². The zero-order valence-corrected chi connectivity index (χ0v) is 13.1. The zero-order valence-electron chi connectivity index (χ0n) is 13.1. The first-order valence-electron chi connectivity index (χ1n) is 8.38. The highest BCUT2D eigenvalue weighted by atomic mass is 14.9. The second kappa shape index (κ2) is 4.73. The van der Waals surface area contributed by atoms with Crippen LogP contribution < -0.4 is 10.6 Å². The van der Waals surface area contributed by atoms with Crippen LogP contribution in [-0.2, 0) is 0 Å². The minimum atomic E-state index is 0.634. The molecule has 2 unspecified atom stereocenters. The molecule has 0 heterocycles. The average molecular weight is 264 g/mol. The number of likely N-dealkylation sites (N-methyl/N-ethyl adjacent to an activating group) is 1. The Kier molecular flexibility index (Phi) is 3.46. The lowest BCUT2D eigenvalue weighted by molar-refractivity contribution is -0.143. The van der Waals surface area contributed by atoms with Gasteiger partial charge < -0.3 is 10.6 Å². The molecular formula is C17H32N2. The monoisotopic (exact) mass is 264 g/mol. The highest BCUT2D eigenvalue weighted by molar-refractivity contribution is 5.10. The van der Waals surface area contributed by atoms with Gasteiger partial charge in [0.05, 0.1) is 0 Å². The smallest absolute Gasteiger partial charge is 0.00769 e. The molecule has 19 heavy (non-hydrogen) atoms. The molecule has 0 aromatic carbocycles. The van der Waals surface area contributed by atoms with Gasteiger partial charge in [0.2, 0.25) is 0 Å². The molecule has 4 aliphatic carbocycles. The standard InChI is InChI=1S/C17H32N2/c1-4-18-5-6-19-13-17-9-14-7-15(2,11-17)10-16(3,8-14)12-17/h14,18-19H,4-13H2,1-3H3. The molecular weight excluding hydrogens is 232 g/mol. The molecule has 110 valence electrons. The SMILES string of the molecule is CCNCCNCC12CC3CC(C)(CC(C)(C3)C1)C2. The summed E-state index contributed by atoms with van der Waals surface area (Å²) in [4.78, 5) is 0. The van der Waals surface area contributed by atoms with E-state index in [4.69, 9.17) is 0 Å². The van der Waals surface area contributed by atoms with E-state index in [0.717, 1.165) is 25.6 Å². The van der Waals surface area contributed by atoms with Gasteiger partial charge in [-0.25, -0.2) is 0 Å². The van der Waals surface area contributed by atoms with Gasteiger partial charge in [-0.15, -0.1) is 0 Å². The van der Waals surface area contributed by atoms with Crippen molar-refractivity contribution in [3.8, 4) is 0 Å². The van der Waals surface area contributed by atoms with Gasteiger partial charge in [0.25, 0.3) is 0 Å². The van der Waals surface area contributed by atoms with Gasteiger partial charge in [-0.3, -0.25) is 0 Å². The van der Waals surface area contributed by atoms with E-state index in [9.17, 15) is 0 Å². The molecule has 2 heteroatoms. The third-order valence-electron chi connectivity index (χ3n) is 5.97. The van der Waals surface area contributed by atoms with Crippen molar-refractivity contribution in [2.24, 2.45) is 22.2 Å². The molecule has 0 amide bonds. The molecule has 4 rings (SSSR count). The Morgan fingerprint density at radius 2 is 1.53 bits per heavy atom. The van der Waals surface area contributed by atoms with Crippen LogP contribution in [0.2, 0.25) is 0 Å². The fourth-order valence-corrected chi connectivity index (χ4v) is 6.59. The van der Waals surface area contributed by atoms with Crippen molar-refractivity contribution in [2.45, 2.75) is 59.3 Å². The van der Waals surface area contributed by atoms with Gasteiger partial charge in [-0.05, 0) is 67.2 Å². The summed E-state index contributed by atoms with van der Waals surface area (Å²) in [5.74, 6) is 1.03. The lowest BCUT2D eigenvalue weighted by atomic mass is 9.40. The predicted octanol–water partition coefficient (Wildman–Crippen LogP) is 3.18. The van der Waals surface area contributed by atoms with Crippen LogP contribution in [0, 0.1) is 22.2 Å². The van der Waals surface area contributed by atoms with Crippen LogP contribution in [0.3, 0.4) is 0 Å². The molecule has 4 fully saturated rings. The largest absolute Gasteiger partial charge is 0.316 e. The van der Waals surface area contributed by atoms with E-state index in [0.29, 0.717) is 16.2 Å². The second-order valence-corrected chi connectivity index (χ2v) is 8.66. The number of nitrogens with one attached hydrogen (secondary N) is 2. The van der Waals surface area contributed by atoms with Gasteiger partial charge >= 0.3 is 0 Å². The van der Waals surface area contributed by atoms with Crippen LogP contribution in [0.1, 0.15) is 59.3 Å². The lowest BCUT2D eigenvalue weighted by Crippen LogP contribution is -2.57. The van der Waals surface area contributed by atoms with Crippen molar-refractivity contribution in [1.82, 2.24) is 10.6 Å². The van der Waals surface area contributed by atoms with Gasteiger partial charge in [-0.2, -0.15) is 0 Å². The fraction of sp³-hybridized carbons (Fsp3) is 1.00. The Morgan fingerprint density at radius 1 is 0.895 bits per heavy atom. The van der Waals surface area contributed by atoms with Crippen LogP contribution in [0.15, 0.2) is 0 Å². The van der Waals surface area contributed by atoms with Crippen LogP contribution in [0.5, 0.6) is 0 Å². The molecule has 0 radical (unpaired) electrons. The molecule has 0 aromatic rings. The van der Waals surface area contributed by atoms with Crippen molar-refractivity contribution in [3.63, 3.8) is 0 Å². The summed E-state index contributed by atoms with van der Waals surface area (Å²) in [5, 5.41) is 7.16. The molecule has 0 saturated heterocycles. The average Bonchev–Trinajstić information content (AvgIpc) is 2.23. The third-order valence-corrected chi connectivity index (χ3v) is 5.97. The number of rotatable bonds is 6.